The summed E-state index contributed by atoms with van der Waals surface area (Å²) in [5.41, 5.74) is 2.42. The number of sulfone groups is 1. The predicted molar refractivity (Wildman–Crippen MR) is 130 cm³/mol. The maximum absolute atomic E-state index is 14.7. The fourth-order valence-corrected chi connectivity index (χ4v) is 5.74. The molecule has 0 radical (unpaired) electrons. The number of aromatic nitrogens is 1. The van der Waals surface area contributed by atoms with Crippen molar-refractivity contribution in [3.8, 4) is 0 Å². The smallest absolute Gasteiger partial charge is 0.266 e. The van der Waals surface area contributed by atoms with Crippen LogP contribution in [0.3, 0.4) is 0 Å². The summed E-state index contributed by atoms with van der Waals surface area (Å²) < 4.78 is 55.7. The van der Waals surface area contributed by atoms with Crippen LogP contribution in [0.5, 0.6) is 0 Å². The van der Waals surface area contributed by atoms with E-state index in [0.29, 0.717) is 15.5 Å². The lowest BCUT2D eigenvalue weighted by Crippen LogP contribution is -2.18. The van der Waals surface area contributed by atoms with Gasteiger partial charge in [-0.2, -0.15) is 5.10 Å². The molecular formula is C24H16ClF2N3O3S2. The lowest BCUT2D eigenvalue weighted by Gasteiger charge is -2.19. The Labute approximate surface area is 208 Å². The number of hydrogen-bond donors (Lipinski definition) is 1. The van der Waals surface area contributed by atoms with Gasteiger partial charge in [-0.05, 0) is 66.0 Å². The molecule has 11 heteroatoms. The van der Waals surface area contributed by atoms with Crippen LogP contribution in [-0.4, -0.2) is 25.5 Å². The van der Waals surface area contributed by atoms with Crippen molar-refractivity contribution >= 4 is 44.9 Å². The summed E-state index contributed by atoms with van der Waals surface area (Å²) in [6.07, 6.45) is 2.64. The summed E-state index contributed by atoms with van der Waals surface area (Å²) in [5.74, 6) is -2.06. The van der Waals surface area contributed by atoms with Gasteiger partial charge in [-0.15, -0.1) is 11.3 Å². The maximum Gasteiger partial charge on any atom is 0.281 e. The van der Waals surface area contributed by atoms with Crippen molar-refractivity contribution in [2.45, 2.75) is 10.1 Å². The zero-order chi connectivity index (χ0) is 25.0. The Balaban J connectivity index is 1.67. The van der Waals surface area contributed by atoms with Crippen molar-refractivity contribution in [1.29, 1.82) is 0 Å². The maximum atomic E-state index is 14.7. The first kappa shape index (κ1) is 24.6. The Bertz CT molecular complexity index is 1480. The van der Waals surface area contributed by atoms with Crippen molar-refractivity contribution in [1.82, 2.24) is 10.4 Å². The highest BCUT2D eigenvalue weighted by atomic mass is 35.5. The number of pyridine rings is 1. The predicted octanol–water partition coefficient (Wildman–Crippen LogP) is 5.40. The van der Waals surface area contributed by atoms with E-state index in [1.54, 1.807) is 17.5 Å². The largest absolute Gasteiger partial charge is 0.281 e. The molecule has 4 rings (SSSR count). The molecule has 1 unspecified atom stereocenters. The van der Waals surface area contributed by atoms with Gasteiger partial charge >= 0.3 is 0 Å². The van der Waals surface area contributed by atoms with E-state index in [1.807, 2.05) is 0 Å². The lowest BCUT2D eigenvalue weighted by atomic mass is 10.1. The molecule has 178 valence electrons. The van der Waals surface area contributed by atoms with Gasteiger partial charge in [0.25, 0.3) is 5.91 Å². The number of nitrogens with one attached hydrogen (secondary N) is 1. The Morgan fingerprint density at radius 1 is 1.09 bits per heavy atom. The minimum Gasteiger partial charge on any atom is -0.266 e. The second-order valence-corrected chi connectivity index (χ2v) is 10.7. The van der Waals surface area contributed by atoms with E-state index in [0.717, 1.165) is 18.2 Å². The molecule has 0 fully saturated rings. The van der Waals surface area contributed by atoms with Crippen LogP contribution in [0.25, 0.3) is 0 Å². The fraction of sp³-hybridized carbons (Fsp3) is 0.0417. The van der Waals surface area contributed by atoms with Gasteiger partial charge in [0, 0.05) is 22.3 Å². The second-order valence-electron chi connectivity index (χ2n) is 7.24. The Morgan fingerprint density at radius 2 is 1.86 bits per heavy atom. The topological polar surface area (TPSA) is 88.5 Å². The number of rotatable bonds is 7. The zero-order valence-electron chi connectivity index (χ0n) is 17.7. The molecule has 0 spiro atoms. The average Bonchev–Trinajstić information content (AvgIpc) is 3.38. The highest BCUT2D eigenvalue weighted by Gasteiger charge is 2.34. The molecule has 1 N–H and O–H groups in total. The Hall–Kier alpha value is -3.47. The van der Waals surface area contributed by atoms with Crippen LogP contribution in [0.2, 0.25) is 5.02 Å². The standard InChI is InChI=1S/C24H16ClF2N3O3S2/c25-16-4-7-18(8-5-16)35(32,33)23(19-12-17(26)6-9-20(19)27)21-10-3-15(13-28-21)14-29-30-24(31)22-2-1-11-34-22/h1-14,23H,(H,30,31)/b29-14-. The Kier molecular flexibility index (Phi) is 7.34. The number of thiophene rings is 1. The third kappa shape index (κ3) is 5.61. The molecule has 4 aromatic rings. The zero-order valence-corrected chi connectivity index (χ0v) is 20.1. The summed E-state index contributed by atoms with van der Waals surface area (Å²) in [5, 5.41) is 4.33. The molecule has 2 aromatic carbocycles. The van der Waals surface area contributed by atoms with Crippen LogP contribution in [0.4, 0.5) is 8.78 Å². The number of benzene rings is 2. The lowest BCUT2D eigenvalue weighted by molar-refractivity contribution is 0.0959. The molecule has 0 bridgehead atoms. The van der Waals surface area contributed by atoms with Gasteiger partial charge in [-0.25, -0.2) is 22.6 Å². The summed E-state index contributed by atoms with van der Waals surface area (Å²) in [6.45, 7) is 0. The molecule has 0 aliphatic carbocycles. The van der Waals surface area contributed by atoms with Gasteiger partial charge in [0.2, 0.25) is 0 Å². The van der Waals surface area contributed by atoms with Gasteiger partial charge in [0.1, 0.15) is 16.9 Å². The van der Waals surface area contributed by atoms with Crippen LogP contribution in [0.1, 0.15) is 31.7 Å². The first-order valence-electron chi connectivity index (χ1n) is 10.0. The van der Waals surface area contributed by atoms with Gasteiger partial charge < -0.3 is 0 Å². The number of hydrogen-bond acceptors (Lipinski definition) is 6. The molecule has 1 atom stereocenters. The minimum absolute atomic E-state index is 0.0239. The van der Waals surface area contributed by atoms with E-state index in [9.17, 15) is 22.0 Å². The monoisotopic (exact) mass is 531 g/mol. The van der Waals surface area contributed by atoms with Crippen molar-refractivity contribution < 1.29 is 22.0 Å². The number of halogens is 3. The molecule has 6 nitrogen and oxygen atoms in total. The molecule has 0 saturated carbocycles. The van der Waals surface area contributed by atoms with E-state index >= 15 is 0 Å². The van der Waals surface area contributed by atoms with E-state index in [4.69, 9.17) is 11.6 Å². The molecular weight excluding hydrogens is 516 g/mol. The molecule has 35 heavy (non-hydrogen) atoms. The van der Waals surface area contributed by atoms with Crippen molar-refractivity contribution in [2.75, 3.05) is 0 Å². The molecule has 0 aliphatic heterocycles. The number of nitrogens with zero attached hydrogens (tertiary/aromatic N) is 2. The number of amides is 1. The van der Waals surface area contributed by atoms with Crippen molar-refractivity contribution in [2.24, 2.45) is 5.10 Å². The highest BCUT2D eigenvalue weighted by Crippen LogP contribution is 2.36. The molecule has 2 aromatic heterocycles. The SMILES string of the molecule is O=C(N/N=C\c1ccc(C(c2cc(F)ccc2F)S(=O)(=O)c2ccc(Cl)cc2)nc1)c1cccs1. The van der Waals surface area contributed by atoms with Gasteiger partial charge in [0.05, 0.1) is 21.7 Å². The van der Waals surface area contributed by atoms with E-state index in [-0.39, 0.29) is 22.1 Å². The third-order valence-electron chi connectivity index (χ3n) is 4.90. The van der Waals surface area contributed by atoms with Gasteiger partial charge in [0.15, 0.2) is 9.84 Å². The summed E-state index contributed by atoms with van der Waals surface area (Å²) in [6, 6.07) is 14.3. The first-order valence-corrected chi connectivity index (χ1v) is 12.8. The summed E-state index contributed by atoms with van der Waals surface area (Å²) in [7, 11) is -4.25. The summed E-state index contributed by atoms with van der Waals surface area (Å²) in [4.78, 5) is 16.5. The molecule has 0 aliphatic rings. The number of carbonyl (C=O) groups excluding carboxylic acids is 1. The first-order chi connectivity index (χ1) is 16.8. The van der Waals surface area contributed by atoms with Crippen LogP contribution in [0, 0.1) is 11.6 Å². The minimum atomic E-state index is -4.25. The molecule has 2 heterocycles. The molecule has 1 amide bonds. The third-order valence-corrected chi connectivity index (χ3v) is 8.06. The van der Waals surface area contributed by atoms with E-state index in [1.165, 1.54) is 60.1 Å². The quantitative estimate of drug-likeness (QED) is 0.255. The second kappa shape index (κ2) is 10.4. The normalized spacial score (nSPS) is 12.5. The average molecular weight is 532 g/mol. The van der Waals surface area contributed by atoms with Crippen LogP contribution < -0.4 is 5.43 Å². The van der Waals surface area contributed by atoms with E-state index in [2.05, 4.69) is 15.5 Å². The fourth-order valence-electron chi connectivity index (χ4n) is 3.24. The van der Waals surface area contributed by atoms with Gasteiger partial charge in [-0.1, -0.05) is 17.7 Å². The van der Waals surface area contributed by atoms with Gasteiger partial charge in [-0.3, -0.25) is 9.78 Å². The van der Waals surface area contributed by atoms with Crippen LogP contribution >= 0.6 is 22.9 Å². The number of hydrazone groups is 1. The van der Waals surface area contributed by atoms with E-state index < -0.39 is 26.7 Å². The van der Waals surface area contributed by atoms with Crippen molar-refractivity contribution in [3.05, 3.63) is 117 Å². The highest BCUT2D eigenvalue weighted by molar-refractivity contribution is 7.91. The van der Waals surface area contributed by atoms with Crippen molar-refractivity contribution in [3.63, 3.8) is 0 Å². The van der Waals surface area contributed by atoms with Crippen LogP contribution in [-0.2, 0) is 9.84 Å². The van der Waals surface area contributed by atoms with Crippen LogP contribution in [0.15, 0.2) is 88.3 Å². The summed E-state index contributed by atoms with van der Waals surface area (Å²) >= 11 is 7.14. The molecule has 0 saturated heterocycles. The Morgan fingerprint density at radius 3 is 2.51 bits per heavy atom. The number of carbonyl (C=O) groups is 1.